The van der Waals surface area contributed by atoms with Gasteiger partial charge in [0.1, 0.15) is 11.4 Å². The van der Waals surface area contributed by atoms with Gasteiger partial charge >= 0.3 is 0 Å². The number of anilines is 1. The number of rotatable bonds is 8. The van der Waals surface area contributed by atoms with E-state index in [2.05, 4.69) is 4.72 Å². The molecule has 0 fully saturated rings. The van der Waals surface area contributed by atoms with Crippen molar-refractivity contribution in [3.05, 3.63) is 28.3 Å². The molecule has 7 nitrogen and oxygen atoms in total. The highest BCUT2D eigenvalue weighted by atomic mass is 35.5. The molecule has 1 N–H and O–H groups in total. The second kappa shape index (κ2) is 7.30. The van der Waals surface area contributed by atoms with E-state index in [1.807, 2.05) is 0 Å². The van der Waals surface area contributed by atoms with Crippen molar-refractivity contribution in [3.63, 3.8) is 0 Å². The molecule has 0 saturated heterocycles. The Balaban J connectivity index is 3.02. The van der Waals surface area contributed by atoms with Crippen LogP contribution in [0.1, 0.15) is 13.3 Å². The van der Waals surface area contributed by atoms with Crippen LogP contribution >= 0.6 is 11.6 Å². The number of nitrogens with zero attached hydrogens (tertiary/aromatic N) is 1. The number of nitro groups is 1. The average Bonchev–Trinajstić information content (AvgIpc) is 2.38. The first-order chi connectivity index (χ1) is 9.39. The van der Waals surface area contributed by atoms with Gasteiger partial charge in [0.25, 0.3) is 5.69 Å². The fourth-order valence-electron chi connectivity index (χ4n) is 1.47. The molecule has 1 aromatic carbocycles. The number of hydrogen-bond donors (Lipinski definition) is 1. The van der Waals surface area contributed by atoms with Crippen molar-refractivity contribution in [1.29, 1.82) is 0 Å². The first-order valence-electron chi connectivity index (χ1n) is 5.87. The highest BCUT2D eigenvalue weighted by molar-refractivity contribution is 7.92. The molecule has 0 saturated carbocycles. The summed E-state index contributed by atoms with van der Waals surface area (Å²) in [6.45, 7) is 2.10. The molecule has 0 radical (unpaired) electrons. The van der Waals surface area contributed by atoms with E-state index in [0.29, 0.717) is 12.4 Å². The Kier molecular flexibility index (Phi) is 6.03. The van der Waals surface area contributed by atoms with Crippen molar-refractivity contribution in [2.75, 3.05) is 23.0 Å². The van der Waals surface area contributed by atoms with Crippen LogP contribution in [0.2, 0.25) is 0 Å². The zero-order valence-electron chi connectivity index (χ0n) is 10.8. The molecule has 0 unspecified atom stereocenters. The SMILES string of the molecule is CCOc1ccc(NS(=O)(=O)CCCCl)c([N+](=O)[O-])c1. The van der Waals surface area contributed by atoms with Gasteiger partial charge in [0.15, 0.2) is 0 Å². The maximum absolute atomic E-state index is 11.7. The molecule has 1 aromatic rings. The molecular weight excluding hydrogens is 308 g/mol. The second-order valence-electron chi connectivity index (χ2n) is 3.83. The maximum Gasteiger partial charge on any atom is 0.297 e. The van der Waals surface area contributed by atoms with Crippen molar-refractivity contribution in [1.82, 2.24) is 0 Å². The minimum Gasteiger partial charge on any atom is -0.494 e. The third-order valence-electron chi connectivity index (χ3n) is 2.29. The van der Waals surface area contributed by atoms with Crippen LogP contribution < -0.4 is 9.46 Å². The molecule has 0 aliphatic carbocycles. The third-order valence-corrected chi connectivity index (χ3v) is 3.91. The molecule has 112 valence electrons. The van der Waals surface area contributed by atoms with E-state index in [1.54, 1.807) is 6.92 Å². The van der Waals surface area contributed by atoms with Crippen LogP contribution in [0.4, 0.5) is 11.4 Å². The molecule has 0 aromatic heterocycles. The minimum absolute atomic E-state index is 0.0898. The molecule has 0 atom stereocenters. The largest absolute Gasteiger partial charge is 0.494 e. The van der Waals surface area contributed by atoms with Gasteiger partial charge in [0.2, 0.25) is 10.0 Å². The molecule has 0 spiro atoms. The lowest BCUT2D eigenvalue weighted by atomic mass is 10.2. The van der Waals surface area contributed by atoms with Gasteiger partial charge in [-0.2, -0.15) is 0 Å². The Hall–Kier alpha value is -1.54. The van der Waals surface area contributed by atoms with Gasteiger partial charge in [-0.25, -0.2) is 8.42 Å². The number of nitrogens with one attached hydrogen (secondary N) is 1. The Labute approximate surface area is 122 Å². The van der Waals surface area contributed by atoms with E-state index in [9.17, 15) is 18.5 Å². The van der Waals surface area contributed by atoms with Crippen molar-refractivity contribution in [2.24, 2.45) is 0 Å². The van der Waals surface area contributed by atoms with E-state index in [1.165, 1.54) is 18.2 Å². The van der Waals surface area contributed by atoms with Gasteiger partial charge in [-0.15, -0.1) is 11.6 Å². The normalized spacial score (nSPS) is 11.1. The summed E-state index contributed by atoms with van der Waals surface area (Å²) in [5, 5.41) is 11.0. The topological polar surface area (TPSA) is 98.5 Å². The van der Waals surface area contributed by atoms with Crippen LogP contribution in [-0.4, -0.2) is 31.6 Å². The Morgan fingerprint density at radius 2 is 2.15 bits per heavy atom. The van der Waals surface area contributed by atoms with E-state index in [0.717, 1.165) is 0 Å². The van der Waals surface area contributed by atoms with Gasteiger partial charge in [-0.05, 0) is 25.5 Å². The average molecular weight is 323 g/mol. The quantitative estimate of drug-likeness (QED) is 0.450. The second-order valence-corrected chi connectivity index (χ2v) is 6.05. The fraction of sp³-hybridized carbons (Fsp3) is 0.455. The van der Waals surface area contributed by atoms with Crippen molar-refractivity contribution in [2.45, 2.75) is 13.3 Å². The van der Waals surface area contributed by atoms with Crippen LogP contribution in [0.3, 0.4) is 0 Å². The Morgan fingerprint density at radius 3 is 2.70 bits per heavy atom. The minimum atomic E-state index is -3.66. The lowest BCUT2D eigenvalue weighted by Gasteiger charge is -2.09. The predicted octanol–water partition coefficient (Wildman–Crippen LogP) is 2.36. The number of alkyl halides is 1. The molecule has 9 heteroatoms. The van der Waals surface area contributed by atoms with Gasteiger partial charge < -0.3 is 4.74 Å². The predicted molar refractivity (Wildman–Crippen MR) is 77.0 cm³/mol. The molecule has 1 rings (SSSR count). The summed E-state index contributed by atoms with van der Waals surface area (Å²) in [4.78, 5) is 10.3. The zero-order valence-corrected chi connectivity index (χ0v) is 12.4. The standard InChI is InChI=1S/C11H15ClN2O5S/c1-2-19-9-4-5-10(11(8-9)14(15)16)13-20(17,18)7-3-6-12/h4-5,8,13H,2-3,6-7H2,1H3. The number of sulfonamides is 1. The number of nitro benzene ring substituents is 1. The van der Waals surface area contributed by atoms with Gasteiger partial charge in [0.05, 0.1) is 23.3 Å². The lowest BCUT2D eigenvalue weighted by molar-refractivity contribution is -0.384. The number of halogens is 1. The summed E-state index contributed by atoms with van der Waals surface area (Å²) in [5.41, 5.74) is -0.446. The highest BCUT2D eigenvalue weighted by Crippen LogP contribution is 2.29. The summed E-state index contributed by atoms with van der Waals surface area (Å²) in [7, 11) is -3.66. The van der Waals surface area contributed by atoms with Gasteiger partial charge in [0, 0.05) is 5.88 Å². The molecule has 0 aliphatic rings. The van der Waals surface area contributed by atoms with Crippen LogP contribution in [0.25, 0.3) is 0 Å². The third kappa shape index (κ3) is 4.86. The van der Waals surface area contributed by atoms with Gasteiger partial charge in [-0.1, -0.05) is 0 Å². The summed E-state index contributed by atoms with van der Waals surface area (Å²) >= 11 is 5.43. The molecule has 20 heavy (non-hydrogen) atoms. The molecule has 0 amide bonds. The van der Waals surface area contributed by atoms with Gasteiger partial charge in [-0.3, -0.25) is 14.8 Å². The van der Waals surface area contributed by atoms with E-state index >= 15 is 0 Å². The highest BCUT2D eigenvalue weighted by Gasteiger charge is 2.20. The maximum atomic E-state index is 11.7. The molecule has 0 aliphatic heterocycles. The Bertz CT molecular complexity index is 576. The number of benzene rings is 1. The van der Waals surface area contributed by atoms with Crippen molar-refractivity contribution >= 4 is 33.0 Å². The van der Waals surface area contributed by atoms with Crippen LogP contribution in [-0.2, 0) is 10.0 Å². The summed E-state index contributed by atoms with van der Waals surface area (Å²) in [5.74, 6) is 0.315. The van der Waals surface area contributed by atoms with E-state index in [-0.39, 0.29) is 29.4 Å². The summed E-state index contributed by atoms with van der Waals surface area (Å²) in [6, 6.07) is 3.96. The van der Waals surface area contributed by atoms with Crippen LogP contribution in [0, 0.1) is 10.1 Å². The molecular formula is C11H15ClN2O5S. The Morgan fingerprint density at radius 1 is 1.45 bits per heavy atom. The monoisotopic (exact) mass is 322 g/mol. The van der Waals surface area contributed by atoms with Crippen molar-refractivity contribution in [3.8, 4) is 5.75 Å². The first kappa shape index (κ1) is 16.5. The van der Waals surface area contributed by atoms with E-state index in [4.69, 9.17) is 16.3 Å². The lowest BCUT2D eigenvalue weighted by Crippen LogP contribution is -2.17. The van der Waals surface area contributed by atoms with Crippen LogP contribution in [0.15, 0.2) is 18.2 Å². The van der Waals surface area contributed by atoms with Crippen molar-refractivity contribution < 1.29 is 18.1 Å². The number of hydrogen-bond acceptors (Lipinski definition) is 5. The molecule has 0 bridgehead atoms. The molecule has 0 heterocycles. The zero-order chi connectivity index (χ0) is 15.2. The first-order valence-corrected chi connectivity index (χ1v) is 8.06. The summed E-state index contributed by atoms with van der Waals surface area (Å²) < 4.78 is 30.8. The summed E-state index contributed by atoms with van der Waals surface area (Å²) in [6.07, 6.45) is 0.266. The van der Waals surface area contributed by atoms with E-state index < -0.39 is 14.9 Å². The van der Waals surface area contributed by atoms with Crippen LogP contribution in [0.5, 0.6) is 5.75 Å². The fourth-order valence-corrected chi connectivity index (χ4v) is 2.89. The number of ether oxygens (including phenoxy) is 1. The smallest absolute Gasteiger partial charge is 0.297 e.